The summed E-state index contributed by atoms with van der Waals surface area (Å²) >= 11 is 0. The molecular formula is C22H34O3. The van der Waals surface area contributed by atoms with Gasteiger partial charge in [0.05, 0.1) is 12.7 Å². The van der Waals surface area contributed by atoms with Crippen molar-refractivity contribution in [2.45, 2.75) is 78.2 Å². The van der Waals surface area contributed by atoms with E-state index in [0.29, 0.717) is 17.2 Å². The van der Waals surface area contributed by atoms with Gasteiger partial charge in [0.2, 0.25) is 0 Å². The second kappa shape index (κ2) is 6.19. The number of unbranched alkanes of at least 4 members (excludes halogenated alkanes) is 2. The van der Waals surface area contributed by atoms with Crippen molar-refractivity contribution in [3.05, 3.63) is 23.3 Å². The average molecular weight is 347 g/mol. The molecule has 25 heavy (non-hydrogen) atoms. The fraction of sp³-hybridized carbons (Fsp3) is 0.727. The number of hydrogen-bond donors (Lipinski definition) is 2. The first kappa shape index (κ1) is 18.6. The Hall–Kier alpha value is -1.22. The van der Waals surface area contributed by atoms with E-state index in [-0.39, 0.29) is 16.6 Å². The Morgan fingerprint density at radius 2 is 1.92 bits per heavy atom. The molecule has 3 atom stereocenters. The zero-order chi connectivity index (χ0) is 18.5. The van der Waals surface area contributed by atoms with Crippen molar-refractivity contribution in [1.29, 1.82) is 0 Å². The van der Waals surface area contributed by atoms with Gasteiger partial charge in [0.1, 0.15) is 17.1 Å². The molecule has 3 heteroatoms. The highest BCUT2D eigenvalue weighted by atomic mass is 16.5. The van der Waals surface area contributed by atoms with Crippen molar-refractivity contribution in [3.63, 3.8) is 0 Å². The lowest BCUT2D eigenvalue weighted by Crippen LogP contribution is -2.51. The molecule has 0 radical (unpaired) electrons. The van der Waals surface area contributed by atoms with Gasteiger partial charge in [-0.15, -0.1) is 0 Å². The Morgan fingerprint density at radius 1 is 1.20 bits per heavy atom. The summed E-state index contributed by atoms with van der Waals surface area (Å²) in [6.45, 7) is 8.66. The van der Waals surface area contributed by atoms with Crippen LogP contribution in [0.5, 0.6) is 11.5 Å². The molecule has 0 aliphatic heterocycles. The molecule has 1 aromatic carbocycles. The monoisotopic (exact) mass is 346 g/mol. The van der Waals surface area contributed by atoms with Gasteiger partial charge in [-0.05, 0) is 55.7 Å². The molecule has 0 aromatic heterocycles. The van der Waals surface area contributed by atoms with E-state index < -0.39 is 5.60 Å². The Balaban J connectivity index is 2.07. The molecular weight excluding hydrogens is 312 g/mol. The van der Waals surface area contributed by atoms with E-state index in [4.69, 9.17) is 4.74 Å². The molecule has 2 N–H and O–H groups in total. The van der Waals surface area contributed by atoms with Crippen LogP contribution in [0.1, 0.15) is 77.3 Å². The van der Waals surface area contributed by atoms with Gasteiger partial charge in [-0.25, -0.2) is 0 Å². The van der Waals surface area contributed by atoms with E-state index in [0.717, 1.165) is 37.7 Å². The SMILES string of the molecule is CCCCCc1cc(O)c([C@]2(O)C3(C)CCC(C3)C2(C)C)c(OC)c1. The number of hydrogen-bond acceptors (Lipinski definition) is 3. The van der Waals surface area contributed by atoms with Crippen molar-refractivity contribution in [3.8, 4) is 11.5 Å². The lowest BCUT2D eigenvalue weighted by molar-refractivity contribution is -0.152. The van der Waals surface area contributed by atoms with Crippen molar-refractivity contribution < 1.29 is 14.9 Å². The third-order valence-electron chi connectivity index (χ3n) is 7.36. The van der Waals surface area contributed by atoms with Gasteiger partial charge in [0, 0.05) is 10.8 Å². The summed E-state index contributed by atoms with van der Waals surface area (Å²) in [7, 11) is 1.64. The van der Waals surface area contributed by atoms with Crippen LogP contribution < -0.4 is 4.74 Å². The molecule has 3 rings (SSSR count). The number of rotatable bonds is 6. The molecule has 2 fully saturated rings. The molecule has 0 saturated heterocycles. The lowest BCUT2D eigenvalue weighted by Gasteiger charge is -2.51. The first-order chi connectivity index (χ1) is 11.7. The van der Waals surface area contributed by atoms with Gasteiger partial charge in [-0.3, -0.25) is 0 Å². The van der Waals surface area contributed by atoms with Crippen molar-refractivity contribution in [2.75, 3.05) is 7.11 Å². The van der Waals surface area contributed by atoms with Crippen molar-refractivity contribution >= 4 is 0 Å². The number of phenols is 1. The number of benzene rings is 1. The highest BCUT2D eigenvalue weighted by Crippen LogP contribution is 2.73. The number of methoxy groups -OCH3 is 1. The van der Waals surface area contributed by atoms with E-state index in [1.54, 1.807) is 7.11 Å². The van der Waals surface area contributed by atoms with Gasteiger partial charge in [-0.2, -0.15) is 0 Å². The fourth-order valence-electron chi connectivity index (χ4n) is 5.79. The maximum Gasteiger partial charge on any atom is 0.128 e. The molecule has 140 valence electrons. The highest BCUT2D eigenvalue weighted by Gasteiger charge is 2.70. The van der Waals surface area contributed by atoms with E-state index in [1.165, 1.54) is 12.8 Å². The highest BCUT2D eigenvalue weighted by molar-refractivity contribution is 5.54. The second-order valence-electron chi connectivity index (χ2n) is 9.08. The third-order valence-corrected chi connectivity index (χ3v) is 7.36. The van der Waals surface area contributed by atoms with Crippen LogP contribution >= 0.6 is 0 Å². The maximum absolute atomic E-state index is 12.0. The quantitative estimate of drug-likeness (QED) is 0.699. The van der Waals surface area contributed by atoms with Crippen LogP contribution in [0, 0.1) is 16.7 Å². The summed E-state index contributed by atoms with van der Waals surface area (Å²) in [6.07, 6.45) is 7.56. The third kappa shape index (κ3) is 2.50. The van der Waals surface area contributed by atoms with Crippen LogP contribution in [0.3, 0.4) is 0 Å². The minimum atomic E-state index is -1.07. The van der Waals surface area contributed by atoms with E-state index in [9.17, 15) is 10.2 Å². The number of aliphatic hydroxyl groups is 1. The number of fused-ring (bicyclic) bond motifs is 2. The van der Waals surface area contributed by atoms with Crippen LogP contribution in [0.2, 0.25) is 0 Å². The number of aromatic hydroxyl groups is 1. The summed E-state index contributed by atoms with van der Waals surface area (Å²) in [5, 5.41) is 22.9. The van der Waals surface area contributed by atoms with Gasteiger partial charge in [0.25, 0.3) is 0 Å². The standard InChI is InChI=1S/C22H34O3/c1-6-7-8-9-15-12-17(23)19(18(13-15)25-5)22(24)20(2,3)16-10-11-21(22,4)14-16/h12-13,16,23-24H,6-11,14H2,1-5H3/t16?,21?,22-/m1/s1. The Bertz CT molecular complexity index is 644. The zero-order valence-electron chi connectivity index (χ0n) is 16.5. The van der Waals surface area contributed by atoms with E-state index in [1.807, 2.05) is 12.1 Å². The topological polar surface area (TPSA) is 49.7 Å². The molecule has 2 bridgehead atoms. The van der Waals surface area contributed by atoms with E-state index >= 15 is 0 Å². The summed E-state index contributed by atoms with van der Waals surface area (Å²) in [6, 6.07) is 3.87. The molecule has 0 spiro atoms. The fourth-order valence-corrected chi connectivity index (χ4v) is 5.79. The summed E-state index contributed by atoms with van der Waals surface area (Å²) in [5.41, 5.74) is 0.120. The molecule has 1 aromatic rings. The maximum atomic E-state index is 12.0. The average Bonchev–Trinajstić information content (AvgIpc) is 3.03. The molecule has 2 saturated carbocycles. The van der Waals surface area contributed by atoms with Crippen molar-refractivity contribution in [1.82, 2.24) is 0 Å². The first-order valence-corrected chi connectivity index (χ1v) is 9.84. The smallest absolute Gasteiger partial charge is 0.128 e. The second-order valence-corrected chi connectivity index (χ2v) is 9.08. The van der Waals surface area contributed by atoms with E-state index in [2.05, 4.69) is 27.7 Å². The van der Waals surface area contributed by atoms with Crippen LogP contribution in [0.15, 0.2) is 12.1 Å². The number of aryl methyl sites for hydroxylation is 1. The largest absolute Gasteiger partial charge is 0.507 e. The normalized spacial score (nSPS) is 33.0. The van der Waals surface area contributed by atoms with Crippen LogP contribution in [-0.4, -0.2) is 17.3 Å². The summed E-state index contributed by atoms with van der Waals surface area (Å²) in [5.74, 6) is 1.31. The molecule has 3 nitrogen and oxygen atoms in total. The molecule has 2 aliphatic rings. The minimum absolute atomic E-state index is 0.190. The minimum Gasteiger partial charge on any atom is -0.507 e. The first-order valence-electron chi connectivity index (χ1n) is 9.84. The molecule has 2 aliphatic carbocycles. The number of ether oxygens (including phenoxy) is 1. The molecule has 0 amide bonds. The molecule has 0 heterocycles. The Labute approximate surface area is 152 Å². The van der Waals surface area contributed by atoms with Gasteiger partial charge >= 0.3 is 0 Å². The van der Waals surface area contributed by atoms with Gasteiger partial charge < -0.3 is 14.9 Å². The Kier molecular flexibility index (Phi) is 4.60. The predicted octanol–water partition coefficient (Wildman–Crippen LogP) is 5.17. The van der Waals surface area contributed by atoms with Crippen molar-refractivity contribution in [2.24, 2.45) is 16.7 Å². The summed E-state index contributed by atoms with van der Waals surface area (Å²) < 4.78 is 5.68. The predicted molar refractivity (Wildman–Crippen MR) is 101 cm³/mol. The van der Waals surface area contributed by atoms with Gasteiger partial charge in [0.15, 0.2) is 0 Å². The summed E-state index contributed by atoms with van der Waals surface area (Å²) in [4.78, 5) is 0. The van der Waals surface area contributed by atoms with Crippen LogP contribution in [0.25, 0.3) is 0 Å². The van der Waals surface area contributed by atoms with Gasteiger partial charge in [-0.1, -0.05) is 40.5 Å². The molecule has 2 unspecified atom stereocenters. The van der Waals surface area contributed by atoms with Crippen LogP contribution in [-0.2, 0) is 12.0 Å². The Morgan fingerprint density at radius 3 is 2.48 bits per heavy atom. The zero-order valence-corrected chi connectivity index (χ0v) is 16.5. The number of phenolic OH excluding ortho intramolecular Hbond substituents is 1. The van der Waals surface area contributed by atoms with Crippen LogP contribution in [0.4, 0.5) is 0 Å². The lowest BCUT2D eigenvalue weighted by atomic mass is 9.57.